The minimum Gasteiger partial charge on any atom is -0.237 e. The van der Waals surface area contributed by atoms with E-state index in [4.69, 9.17) is 11.6 Å². The summed E-state index contributed by atoms with van der Waals surface area (Å²) in [5.74, 6) is 1.76. The van der Waals surface area contributed by atoms with E-state index in [1.54, 1.807) is 10.9 Å². The quantitative estimate of drug-likeness (QED) is 0.679. The van der Waals surface area contributed by atoms with Gasteiger partial charge in [-0.3, -0.25) is 0 Å². The smallest absolute Gasteiger partial charge is 0.155 e. The van der Waals surface area contributed by atoms with Crippen LogP contribution in [-0.4, -0.2) is 19.7 Å². The zero-order valence-corrected chi connectivity index (χ0v) is 7.52. The molecule has 0 aliphatic rings. The summed E-state index contributed by atoms with van der Waals surface area (Å²) in [5, 5.41) is 4.02. The second-order valence-corrected chi connectivity index (χ2v) is 2.68. The summed E-state index contributed by atoms with van der Waals surface area (Å²) in [7, 11) is 0. The van der Waals surface area contributed by atoms with Gasteiger partial charge in [-0.15, -0.1) is 11.6 Å². The van der Waals surface area contributed by atoms with E-state index in [0.29, 0.717) is 11.7 Å². The van der Waals surface area contributed by atoms with E-state index in [9.17, 15) is 0 Å². The molecule has 0 amide bonds. The molecule has 2 rings (SSSR count). The summed E-state index contributed by atoms with van der Waals surface area (Å²) < 4.78 is 1.62. The number of aromatic nitrogens is 4. The second kappa shape index (κ2) is 3.53. The van der Waals surface area contributed by atoms with E-state index in [0.717, 1.165) is 5.82 Å². The van der Waals surface area contributed by atoms with Gasteiger partial charge in [0.25, 0.3) is 0 Å². The molecule has 0 N–H and O–H groups in total. The van der Waals surface area contributed by atoms with Crippen LogP contribution in [0.25, 0.3) is 5.82 Å². The van der Waals surface area contributed by atoms with E-state index >= 15 is 0 Å². The van der Waals surface area contributed by atoms with E-state index in [2.05, 4.69) is 15.1 Å². The molecule has 0 unspecified atom stereocenters. The van der Waals surface area contributed by atoms with Crippen LogP contribution in [-0.2, 0) is 5.88 Å². The van der Waals surface area contributed by atoms with Gasteiger partial charge >= 0.3 is 0 Å². The van der Waals surface area contributed by atoms with E-state index in [1.165, 1.54) is 6.33 Å². The first-order valence-electron chi connectivity index (χ1n) is 3.78. The highest BCUT2D eigenvalue weighted by atomic mass is 35.5. The van der Waals surface area contributed by atoms with Crippen LogP contribution in [0, 0.1) is 0 Å². The maximum atomic E-state index is 5.67. The predicted octanol–water partition coefficient (Wildman–Crippen LogP) is 1.40. The maximum Gasteiger partial charge on any atom is 0.155 e. The fraction of sp³-hybridized carbons (Fsp3) is 0.125. The van der Waals surface area contributed by atoms with Crippen molar-refractivity contribution < 1.29 is 0 Å². The minimum absolute atomic E-state index is 0.330. The van der Waals surface area contributed by atoms with Gasteiger partial charge in [-0.25, -0.2) is 9.97 Å². The lowest BCUT2D eigenvalue weighted by atomic mass is 10.4. The molecule has 0 aliphatic heterocycles. The largest absolute Gasteiger partial charge is 0.237 e. The number of rotatable bonds is 2. The Morgan fingerprint density at radius 1 is 1.31 bits per heavy atom. The van der Waals surface area contributed by atoms with E-state index in [1.807, 2.05) is 18.2 Å². The molecule has 0 bridgehead atoms. The molecular formula is C8H7ClN4. The summed E-state index contributed by atoms with van der Waals surface area (Å²) in [5.41, 5.74) is 0. The van der Waals surface area contributed by atoms with Crippen LogP contribution < -0.4 is 0 Å². The van der Waals surface area contributed by atoms with E-state index in [-0.39, 0.29) is 0 Å². The Labute approximate surface area is 80.2 Å². The molecule has 0 saturated heterocycles. The van der Waals surface area contributed by atoms with Crippen LogP contribution in [0.1, 0.15) is 5.82 Å². The summed E-state index contributed by atoms with van der Waals surface area (Å²) >= 11 is 5.67. The van der Waals surface area contributed by atoms with Crippen molar-refractivity contribution in [3.63, 3.8) is 0 Å². The van der Waals surface area contributed by atoms with Gasteiger partial charge < -0.3 is 0 Å². The molecule has 0 aliphatic carbocycles. The Morgan fingerprint density at radius 2 is 2.23 bits per heavy atom. The van der Waals surface area contributed by atoms with Crippen molar-refractivity contribution in [2.75, 3.05) is 0 Å². The van der Waals surface area contributed by atoms with Gasteiger partial charge in [0.2, 0.25) is 0 Å². The first-order chi connectivity index (χ1) is 6.42. The van der Waals surface area contributed by atoms with Crippen molar-refractivity contribution in [3.05, 3.63) is 36.5 Å². The molecule has 2 heterocycles. The lowest BCUT2D eigenvalue weighted by Crippen LogP contribution is -2.02. The van der Waals surface area contributed by atoms with Gasteiger partial charge in [0.1, 0.15) is 12.2 Å². The Bertz CT molecular complexity index is 384. The SMILES string of the molecule is ClCc1ncnn1-c1ccccn1. The van der Waals surface area contributed by atoms with Crippen LogP contribution in [0.15, 0.2) is 30.7 Å². The van der Waals surface area contributed by atoms with Gasteiger partial charge in [0.15, 0.2) is 5.82 Å². The van der Waals surface area contributed by atoms with Crippen molar-refractivity contribution in [1.82, 2.24) is 19.7 Å². The number of hydrogen-bond donors (Lipinski definition) is 0. The summed E-state index contributed by atoms with van der Waals surface area (Å²) in [6, 6.07) is 5.59. The van der Waals surface area contributed by atoms with Crippen molar-refractivity contribution >= 4 is 11.6 Å². The minimum atomic E-state index is 0.330. The average Bonchev–Trinajstić information content (AvgIpc) is 2.67. The second-order valence-electron chi connectivity index (χ2n) is 2.41. The van der Waals surface area contributed by atoms with Gasteiger partial charge in [-0.05, 0) is 12.1 Å². The third-order valence-corrected chi connectivity index (χ3v) is 1.84. The molecule has 0 radical (unpaired) electrons. The van der Waals surface area contributed by atoms with Crippen molar-refractivity contribution in [3.8, 4) is 5.82 Å². The molecular weight excluding hydrogens is 188 g/mol. The third kappa shape index (κ3) is 1.53. The summed E-state index contributed by atoms with van der Waals surface area (Å²) in [6.07, 6.45) is 3.17. The molecule has 4 nitrogen and oxygen atoms in total. The molecule has 2 aromatic rings. The van der Waals surface area contributed by atoms with Crippen LogP contribution in [0.4, 0.5) is 0 Å². The van der Waals surface area contributed by atoms with Crippen LogP contribution in [0.2, 0.25) is 0 Å². The van der Waals surface area contributed by atoms with E-state index < -0.39 is 0 Å². The Morgan fingerprint density at radius 3 is 2.92 bits per heavy atom. The van der Waals surface area contributed by atoms with Crippen molar-refractivity contribution in [2.24, 2.45) is 0 Å². The number of hydrogen-bond acceptors (Lipinski definition) is 3. The normalized spacial score (nSPS) is 10.2. The van der Waals surface area contributed by atoms with Crippen molar-refractivity contribution in [1.29, 1.82) is 0 Å². The molecule has 0 atom stereocenters. The number of halogens is 1. The molecule has 0 aromatic carbocycles. The number of pyridine rings is 1. The van der Waals surface area contributed by atoms with Gasteiger partial charge in [-0.1, -0.05) is 6.07 Å². The zero-order chi connectivity index (χ0) is 9.10. The fourth-order valence-electron chi connectivity index (χ4n) is 1.03. The van der Waals surface area contributed by atoms with Crippen LogP contribution in [0.3, 0.4) is 0 Å². The topological polar surface area (TPSA) is 43.6 Å². The lowest BCUT2D eigenvalue weighted by Gasteiger charge is -2.00. The lowest BCUT2D eigenvalue weighted by molar-refractivity contribution is 0.804. The number of nitrogens with zero attached hydrogens (tertiary/aromatic N) is 4. The van der Waals surface area contributed by atoms with Crippen LogP contribution in [0.5, 0.6) is 0 Å². The molecule has 13 heavy (non-hydrogen) atoms. The Kier molecular flexibility index (Phi) is 2.23. The highest BCUT2D eigenvalue weighted by molar-refractivity contribution is 6.16. The van der Waals surface area contributed by atoms with Gasteiger partial charge in [0.05, 0.1) is 5.88 Å². The standard InChI is InChI=1S/C8H7ClN4/c9-5-8-11-6-12-13(8)7-3-1-2-4-10-7/h1-4,6H,5H2. The first kappa shape index (κ1) is 8.19. The fourth-order valence-corrected chi connectivity index (χ4v) is 1.21. The van der Waals surface area contributed by atoms with Gasteiger partial charge in [0, 0.05) is 6.20 Å². The molecule has 0 spiro atoms. The first-order valence-corrected chi connectivity index (χ1v) is 4.31. The molecule has 2 aromatic heterocycles. The highest BCUT2D eigenvalue weighted by Gasteiger charge is 2.04. The average molecular weight is 195 g/mol. The predicted molar refractivity (Wildman–Crippen MR) is 48.7 cm³/mol. The molecule has 5 heteroatoms. The third-order valence-electron chi connectivity index (χ3n) is 1.60. The molecule has 0 fully saturated rings. The molecule has 0 saturated carbocycles. The monoisotopic (exact) mass is 194 g/mol. The summed E-state index contributed by atoms with van der Waals surface area (Å²) in [6.45, 7) is 0. The van der Waals surface area contributed by atoms with Crippen molar-refractivity contribution in [2.45, 2.75) is 5.88 Å². The zero-order valence-electron chi connectivity index (χ0n) is 6.76. The maximum absolute atomic E-state index is 5.67. The van der Waals surface area contributed by atoms with Crippen LogP contribution >= 0.6 is 11.6 Å². The summed E-state index contributed by atoms with van der Waals surface area (Å²) in [4.78, 5) is 8.12. The number of alkyl halides is 1. The van der Waals surface area contributed by atoms with Gasteiger partial charge in [-0.2, -0.15) is 9.78 Å². The highest BCUT2D eigenvalue weighted by Crippen LogP contribution is 2.05. The molecule has 66 valence electrons. The Hall–Kier alpha value is -1.42. The Balaban J connectivity index is 2.47.